The van der Waals surface area contributed by atoms with Crippen molar-refractivity contribution in [1.29, 1.82) is 0 Å². The number of carbonyl (C=O) groups is 1. The van der Waals surface area contributed by atoms with Gasteiger partial charge >= 0.3 is 0 Å². The molecule has 0 unspecified atom stereocenters. The Morgan fingerprint density at radius 2 is 1.67 bits per heavy atom. The Balaban J connectivity index is 1.54. The molecule has 4 rings (SSSR count). The van der Waals surface area contributed by atoms with E-state index in [4.69, 9.17) is 25.8 Å². The van der Waals surface area contributed by atoms with Crippen molar-refractivity contribution in [3.63, 3.8) is 0 Å². The van der Waals surface area contributed by atoms with E-state index in [9.17, 15) is 13.2 Å². The molecular formula is C31H29BrClN3O6S. The summed E-state index contributed by atoms with van der Waals surface area (Å²) in [6.45, 7) is 1.60. The second-order valence-electron chi connectivity index (χ2n) is 9.24. The van der Waals surface area contributed by atoms with Gasteiger partial charge in [0.1, 0.15) is 18.9 Å². The number of hydrazone groups is 1. The number of carbonyl (C=O) groups excluding carboxylic acids is 1. The van der Waals surface area contributed by atoms with Crippen molar-refractivity contribution >= 4 is 55.4 Å². The van der Waals surface area contributed by atoms with Crippen molar-refractivity contribution < 1.29 is 27.4 Å². The minimum Gasteiger partial charge on any atom is -0.495 e. The molecule has 0 fully saturated rings. The summed E-state index contributed by atoms with van der Waals surface area (Å²) in [6, 6.07) is 24.0. The SMILES string of the molecule is COc1ccc(Cl)cc1N(CC(=O)N/N=C\c1cc(Br)c(OCc2ccccc2)c(OC)c1)S(=O)(=O)c1ccc(C)cc1. The molecule has 9 nitrogen and oxygen atoms in total. The Bertz CT molecular complexity index is 1720. The quantitative estimate of drug-likeness (QED) is 0.138. The van der Waals surface area contributed by atoms with Gasteiger partial charge in [-0.1, -0.05) is 59.6 Å². The van der Waals surface area contributed by atoms with Crippen molar-refractivity contribution in [1.82, 2.24) is 5.43 Å². The topological polar surface area (TPSA) is 107 Å². The number of aryl methyl sites for hydroxylation is 1. The predicted molar refractivity (Wildman–Crippen MR) is 171 cm³/mol. The molecule has 0 aliphatic carbocycles. The second-order valence-corrected chi connectivity index (χ2v) is 12.4. The number of halogens is 2. The van der Waals surface area contributed by atoms with E-state index in [0.29, 0.717) is 28.1 Å². The maximum absolute atomic E-state index is 13.7. The van der Waals surface area contributed by atoms with E-state index in [1.807, 2.05) is 37.3 Å². The Hall–Kier alpha value is -4.06. The van der Waals surface area contributed by atoms with Crippen LogP contribution >= 0.6 is 27.5 Å². The average molecular weight is 687 g/mol. The number of hydrogen-bond acceptors (Lipinski definition) is 7. The third-order valence-electron chi connectivity index (χ3n) is 6.19. The zero-order valence-electron chi connectivity index (χ0n) is 23.6. The van der Waals surface area contributed by atoms with Crippen LogP contribution in [0.15, 0.2) is 99.4 Å². The molecule has 12 heteroatoms. The molecule has 0 aliphatic rings. The third-order valence-corrected chi connectivity index (χ3v) is 8.78. The van der Waals surface area contributed by atoms with Gasteiger partial charge in [-0.05, 0) is 76.4 Å². The summed E-state index contributed by atoms with van der Waals surface area (Å²) in [5.74, 6) is 0.507. The summed E-state index contributed by atoms with van der Waals surface area (Å²) in [5, 5.41) is 4.31. The lowest BCUT2D eigenvalue weighted by Crippen LogP contribution is -2.39. The summed E-state index contributed by atoms with van der Waals surface area (Å²) < 4.78 is 45.8. The smallest absolute Gasteiger partial charge is 0.264 e. The monoisotopic (exact) mass is 685 g/mol. The normalized spacial score (nSPS) is 11.3. The lowest BCUT2D eigenvalue weighted by atomic mass is 10.2. The number of sulfonamides is 1. The molecule has 0 saturated carbocycles. The Labute approximate surface area is 264 Å². The summed E-state index contributed by atoms with van der Waals surface area (Å²) in [7, 11) is -1.27. The van der Waals surface area contributed by atoms with Crippen LogP contribution in [0.2, 0.25) is 5.02 Å². The van der Waals surface area contributed by atoms with Crippen LogP contribution in [0.4, 0.5) is 5.69 Å². The highest BCUT2D eigenvalue weighted by Crippen LogP contribution is 2.37. The van der Waals surface area contributed by atoms with Crippen LogP contribution in [0.3, 0.4) is 0 Å². The van der Waals surface area contributed by atoms with Crippen molar-refractivity contribution in [2.24, 2.45) is 5.10 Å². The second kappa shape index (κ2) is 14.4. The summed E-state index contributed by atoms with van der Waals surface area (Å²) >= 11 is 9.71. The van der Waals surface area contributed by atoms with Gasteiger partial charge in [0, 0.05) is 5.02 Å². The average Bonchev–Trinajstić information content (AvgIpc) is 2.99. The standard InChI is InChI=1S/C31H29BrClN3O6S/c1-21-9-12-25(13-10-21)43(38,39)36(27-17-24(33)11-14-28(27)40-2)19-30(37)35-34-18-23-15-26(32)31(29(16-23)41-3)42-20-22-7-5-4-6-8-22/h4-18H,19-20H2,1-3H3,(H,35,37)/b34-18-. The molecule has 0 bridgehead atoms. The highest BCUT2D eigenvalue weighted by atomic mass is 79.9. The molecular weight excluding hydrogens is 658 g/mol. The minimum atomic E-state index is -4.19. The molecule has 43 heavy (non-hydrogen) atoms. The number of benzene rings is 4. The van der Waals surface area contributed by atoms with Gasteiger partial charge in [-0.25, -0.2) is 13.8 Å². The molecule has 0 aromatic heterocycles. The van der Waals surface area contributed by atoms with Gasteiger partial charge in [0.25, 0.3) is 15.9 Å². The summed E-state index contributed by atoms with van der Waals surface area (Å²) in [6.07, 6.45) is 1.41. The molecule has 1 amide bonds. The van der Waals surface area contributed by atoms with E-state index in [0.717, 1.165) is 15.4 Å². The molecule has 0 heterocycles. The van der Waals surface area contributed by atoms with E-state index in [2.05, 4.69) is 26.5 Å². The number of hydrogen-bond donors (Lipinski definition) is 1. The molecule has 1 N–H and O–H groups in total. The number of amides is 1. The largest absolute Gasteiger partial charge is 0.495 e. The van der Waals surface area contributed by atoms with Crippen LogP contribution in [-0.2, 0) is 21.4 Å². The Morgan fingerprint density at radius 1 is 0.977 bits per heavy atom. The zero-order valence-corrected chi connectivity index (χ0v) is 26.7. The zero-order chi connectivity index (χ0) is 31.0. The van der Waals surface area contributed by atoms with Crippen LogP contribution in [0.5, 0.6) is 17.2 Å². The van der Waals surface area contributed by atoms with E-state index in [-0.39, 0.29) is 21.4 Å². The van der Waals surface area contributed by atoms with Crippen molar-refractivity contribution in [2.45, 2.75) is 18.4 Å². The Kier molecular flexibility index (Phi) is 10.7. The van der Waals surface area contributed by atoms with E-state index in [1.165, 1.54) is 44.7 Å². The fourth-order valence-corrected chi connectivity index (χ4v) is 6.19. The third kappa shape index (κ3) is 8.07. The maximum Gasteiger partial charge on any atom is 0.264 e. The van der Waals surface area contributed by atoms with E-state index >= 15 is 0 Å². The van der Waals surface area contributed by atoms with Gasteiger partial charge in [-0.15, -0.1) is 0 Å². The molecule has 0 saturated heterocycles. The fraction of sp³-hybridized carbons (Fsp3) is 0.161. The number of nitrogens with one attached hydrogen (secondary N) is 1. The predicted octanol–water partition coefficient (Wildman–Crippen LogP) is 6.35. The first-order valence-corrected chi connectivity index (χ1v) is 15.5. The molecule has 4 aromatic carbocycles. The summed E-state index contributed by atoms with van der Waals surface area (Å²) in [5.41, 5.74) is 4.98. The van der Waals surface area contributed by atoms with Crippen LogP contribution < -0.4 is 23.9 Å². The Morgan fingerprint density at radius 3 is 2.35 bits per heavy atom. The number of ether oxygens (including phenoxy) is 3. The van der Waals surface area contributed by atoms with Crippen LogP contribution in [0, 0.1) is 6.92 Å². The van der Waals surface area contributed by atoms with Crippen molar-refractivity contribution in [3.05, 3.63) is 111 Å². The number of rotatable bonds is 12. The lowest BCUT2D eigenvalue weighted by molar-refractivity contribution is -0.119. The number of methoxy groups -OCH3 is 2. The molecule has 0 atom stereocenters. The minimum absolute atomic E-state index is 0.00273. The van der Waals surface area contributed by atoms with Crippen LogP contribution in [0.25, 0.3) is 0 Å². The summed E-state index contributed by atoms with van der Waals surface area (Å²) in [4.78, 5) is 13.0. The van der Waals surface area contributed by atoms with E-state index < -0.39 is 22.5 Å². The fourth-order valence-electron chi connectivity index (χ4n) is 4.02. The molecule has 0 aliphatic heterocycles. The molecule has 4 aromatic rings. The molecule has 0 radical (unpaired) electrons. The highest BCUT2D eigenvalue weighted by molar-refractivity contribution is 9.10. The highest BCUT2D eigenvalue weighted by Gasteiger charge is 2.29. The van der Waals surface area contributed by atoms with Gasteiger partial charge in [-0.2, -0.15) is 5.10 Å². The first-order chi connectivity index (χ1) is 20.6. The van der Waals surface area contributed by atoms with Gasteiger partial charge in [0.05, 0.1) is 35.5 Å². The first-order valence-electron chi connectivity index (χ1n) is 12.9. The number of nitrogens with zero attached hydrogens (tertiary/aromatic N) is 2. The van der Waals surface area contributed by atoms with E-state index in [1.54, 1.807) is 30.3 Å². The molecule has 0 spiro atoms. The van der Waals surface area contributed by atoms with Gasteiger partial charge in [-0.3, -0.25) is 9.10 Å². The van der Waals surface area contributed by atoms with Gasteiger partial charge < -0.3 is 14.2 Å². The van der Waals surface area contributed by atoms with Crippen LogP contribution in [-0.4, -0.2) is 41.3 Å². The van der Waals surface area contributed by atoms with Gasteiger partial charge in [0.15, 0.2) is 11.5 Å². The van der Waals surface area contributed by atoms with Gasteiger partial charge in [0.2, 0.25) is 0 Å². The van der Waals surface area contributed by atoms with Crippen LogP contribution in [0.1, 0.15) is 16.7 Å². The maximum atomic E-state index is 13.7. The van der Waals surface area contributed by atoms with Crippen molar-refractivity contribution in [3.8, 4) is 17.2 Å². The first kappa shape index (κ1) is 31.9. The van der Waals surface area contributed by atoms with Crippen molar-refractivity contribution in [2.75, 3.05) is 25.1 Å². The lowest BCUT2D eigenvalue weighted by Gasteiger charge is -2.25. The molecule has 224 valence electrons. The number of anilines is 1.